The fourth-order valence-electron chi connectivity index (χ4n) is 2.07. The summed E-state index contributed by atoms with van der Waals surface area (Å²) in [4.78, 5) is 4.07. The molecule has 0 radical (unpaired) electrons. The Morgan fingerprint density at radius 2 is 1.88 bits per heavy atom. The van der Waals surface area contributed by atoms with Gasteiger partial charge in [0.15, 0.2) is 0 Å². The van der Waals surface area contributed by atoms with Crippen LogP contribution in [-0.4, -0.2) is 17.6 Å². The second-order valence-electron chi connectivity index (χ2n) is 4.42. The average Bonchev–Trinajstić information content (AvgIpc) is 2.35. The van der Waals surface area contributed by atoms with Crippen LogP contribution in [0.25, 0.3) is 0 Å². The Morgan fingerprint density at radius 1 is 1.19 bits per heavy atom. The minimum Gasteiger partial charge on any atom is -0.313 e. The third kappa shape index (κ3) is 3.93. The third-order valence-electron chi connectivity index (χ3n) is 3.09. The Labute approximate surface area is 99.5 Å². The van der Waals surface area contributed by atoms with Crippen LogP contribution in [0.3, 0.4) is 0 Å². The van der Waals surface area contributed by atoms with E-state index in [0.717, 1.165) is 6.54 Å². The van der Waals surface area contributed by atoms with Crippen LogP contribution in [0.2, 0.25) is 0 Å². The van der Waals surface area contributed by atoms with Gasteiger partial charge in [0.25, 0.3) is 0 Å². The van der Waals surface area contributed by atoms with Gasteiger partial charge in [-0.1, -0.05) is 27.2 Å². The van der Waals surface area contributed by atoms with Crippen LogP contribution in [0.1, 0.15) is 51.5 Å². The maximum Gasteiger partial charge on any atom is 0.0270 e. The Hall–Kier alpha value is -0.890. The summed E-state index contributed by atoms with van der Waals surface area (Å²) < 4.78 is 0. The molecule has 0 fully saturated rings. The van der Waals surface area contributed by atoms with E-state index >= 15 is 0 Å². The number of aromatic nitrogens is 1. The van der Waals surface area contributed by atoms with E-state index in [2.05, 4.69) is 43.2 Å². The fraction of sp³-hybridized carbons (Fsp3) is 0.643. The lowest BCUT2D eigenvalue weighted by molar-refractivity contribution is 0.420. The highest BCUT2D eigenvalue weighted by molar-refractivity contribution is 5.17. The first-order valence-electron chi connectivity index (χ1n) is 6.42. The molecule has 16 heavy (non-hydrogen) atoms. The van der Waals surface area contributed by atoms with Crippen molar-refractivity contribution in [3.63, 3.8) is 0 Å². The van der Waals surface area contributed by atoms with Crippen LogP contribution in [0, 0.1) is 0 Å². The van der Waals surface area contributed by atoms with Crippen LogP contribution >= 0.6 is 0 Å². The van der Waals surface area contributed by atoms with Crippen LogP contribution < -0.4 is 5.32 Å². The monoisotopic (exact) mass is 220 g/mol. The molecule has 0 aliphatic heterocycles. The summed E-state index contributed by atoms with van der Waals surface area (Å²) >= 11 is 0. The van der Waals surface area contributed by atoms with Crippen molar-refractivity contribution in [2.24, 2.45) is 0 Å². The molecule has 0 saturated carbocycles. The highest BCUT2D eigenvalue weighted by atomic mass is 14.9. The zero-order chi connectivity index (χ0) is 11.8. The van der Waals surface area contributed by atoms with E-state index in [1.54, 1.807) is 0 Å². The Bertz CT molecular complexity index is 271. The minimum absolute atomic E-state index is 0.564. The minimum atomic E-state index is 0.564. The van der Waals surface area contributed by atoms with Crippen molar-refractivity contribution in [2.45, 2.75) is 52.0 Å². The smallest absolute Gasteiger partial charge is 0.0270 e. The van der Waals surface area contributed by atoms with Gasteiger partial charge in [0.1, 0.15) is 0 Å². The summed E-state index contributed by atoms with van der Waals surface area (Å²) in [7, 11) is 0. The van der Waals surface area contributed by atoms with Gasteiger partial charge in [-0.3, -0.25) is 4.98 Å². The van der Waals surface area contributed by atoms with Gasteiger partial charge in [0, 0.05) is 18.4 Å². The van der Waals surface area contributed by atoms with E-state index in [0.29, 0.717) is 12.0 Å². The number of nitrogens with zero attached hydrogens (tertiary/aromatic N) is 1. The second kappa shape index (κ2) is 7.39. The molecular formula is C14H24N2. The maximum atomic E-state index is 4.07. The van der Waals surface area contributed by atoms with E-state index in [9.17, 15) is 0 Å². The highest BCUT2D eigenvalue weighted by Gasteiger charge is 2.16. The van der Waals surface area contributed by atoms with E-state index < -0.39 is 0 Å². The first-order valence-corrected chi connectivity index (χ1v) is 6.42. The van der Waals surface area contributed by atoms with E-state index in [4.69, 9.17) is 0 Å². The van der Waals surface area contributed by atoms with E-state index in [-0.39, 0.29) is 0 Å². The van der Waals surface area contributed by atoms with Gasteiger partial charge in [-0.05, 0) is 43.0 Å². The molecular weight excluding hydrogens is 196 g/mol. The zero-order valence-electron chi connectivity index (χ0n) is 10.7. The summed E-state index contributed by atoms with van der Waals surface area (Å²) in [6.45, 7) is 7.88. The van der Waals surface area contributed by atoms with E-state index in [1.807, 2.05) is 12.4 Å². The predicted octanol–water partition coefficient (Wildman–Crippen LogP) is 3.35. The molecule has 90 valence electrons. The van der Waals surface area contributed by atoms with Crippen LogP contribution in [0.4, 0.5) is 0 Å². The summed E-state index contributed by atoms with van der Waals surface area (Å²) in [5, 5.41) is 3.65. The molecule has 1 N–H and O–H groups in total. The highest BCUT2D eigenvalue weighted by Crippen LogP contribution is 2.21. The van der Waals surface area contributed by atoms with Crippen molar-refractivity contribution >= 4 is 0 Å². The van der Waals surface area contributed by atoms with Crippen LogP contribution in [0.5, 0.6) is 0 Å². The molecule has 1 heterocycles. The lowest BCUT2D eigenvalue weighted by atomic mass is 9.91. The van der Waals surface area contributed by atoms with Crippen LogP contribution in [-0.2, 0) is 0 Å². The first-order chi connectivity index (χ1) is 7.79. The Balaban J connectivity index is 2.62. The standard InChI is InChI=1S/C14H24N2/c1-4-6-14(16-9-5-2)12(3)13-7-10-15-11-8-13/h7-8,10-12,14,16H,4-6,9H2,1-3H3. The number of hydrogen-bond donors (Lipinski definition) is 1. The van der Waals surface area contributed by atoms with Crippen LogP contribution in [0.15, 0.2) is 24.5 Å². The number of hydrogen-bond acceptors (Lipinski definition) is 2. The molecule has 1 aromatic rings. The molecule has 0 saturated heterocycles. The number of pyridine rings is 1. The molecule has 2 heteroatoms. The molecule has 2 unspecified atom stereocenters. The van der Waals surface area contributed by atoms with Crippen molar-refractivity contribution in [3.05, 3.63) is 30.1 Å². The second-order valence-corrected chi connectivity index (χ2v) is 4.42. The summed E-state index contributed by atoms with van der Waals surface area (Å²) in [5.74, 6) is 0.564. The van der Waals surface area contributed by atoms with Gasteiger partial charge in [0.05, 0.1) is 0 Å². The topological polar surface area (TPSA) is 24.9 Å². The predicted molar refractivity (Wildman–Crippen MR) is 69.6 cm³/mol. The van der Waals surface area contributed by atoms with Crippen molar-refractivity contribution in [2.75, 3.05) is 6.54 Å². The lowest BCUT2D eigenvalue weighted by Crippen LogP contribution is -2.34. The molecule has 0 aromatic carbocycles. The van der Waals surface area contributed by atoms with Crippen molar-refractivity contribution in [1.82, 2.24) is 10.3 Å². The molecule has 1 aromatic heterocycles. The molecule has 1 rings (SSSR count). The summed E-state index contributed by atoms with van der Waals surface area (Å²) in [6, 6.07) is 4.84. The third-order valence-corrected chi connectivity index (χ3v) is 3.09. The van der Waals surface area contributed by atoms with Gasteiger partial charge in [-0.2, -0.15) is 0 Å². The first kappa shape index (κ1) is 13.2. The van der Waals surface area contributed by atoms with Crippen molar-refractivity contribution in [3.8, 4) is 0 Å². The molecule has 0 aliphatic rings. The molecule has 0 spiro atoms. The van der Waals surface area contributed by atoms with Gasteiger partial charge < -0.3 is 5.32 Å². The van der Waals surface area contributed by atoms with Gasteiger partial charge in [-0.25, -0.2) is 0 Å². The number of rotatable bonds is 7. The zero-order valence-corrected chi connectivity index (χ0v) is 10.7. The Kier molecular flexibility index (Phi) is 6.09. The summed E-state index contributed by atoms with van der Waals surface area (Å²) in [5.41, 5.74) is 1.39. The fourth-order valence-corrected chi connectivity index (χ4v) is 2.07. The van der Waals surface area contributed by atoms with Gasteiger partial charge >= 0.3 is 0 Å². The van der Waals surface area contributed by atoms with Gasteiger partial charge in [0.2, 0.25) is 0 Å². The quantitative estimate of drug-likeness (QED) is 0.762. The van der Waals surface area contributed by atoms with Crippen molar-refractivity contribution < 1.29 is 0 Å². The Morgan fingerprint density at radius 3 is 2.44 bits per heavy atom. The normalized spacial score (nSPS) is 14.7. The van der Waals surface area contributed by atoms with Gasteiger partial charge in [-0.15, -0.1) is 0 Å². The molecule has 0 aliphatic carbocycles. The molecule has 0 amide bonds. The summed E-state index contributed by atoms with van der Waals surface area (Å²) in [6.07, 6.45) is 7.44. The largest absolute Gasteiger partial charge is 0.313 e. The SMILES string of the molecule is CCCNC(CCC)C(C)c1ccncc1. The molecule has 2 nitrogen and oxygen atoms in total. The molecule has 2 atom stereocenters. The number of nitrogens with one attached hydrogen (secondary N) is 1. The molecule has 0 bridgehead atoms. The lowest BCUT2D eigenvalue weighted by Gasteiger charge is -2.25. The average molecular weight is 220 g/mol. The van der Waals surface area contributed by atoms with Crippen molar-refractivity contribution in [1.29, 1.82) is 0 Å². The maximum absolute atomic E-state index is 4.07. The van der Waals surface area contributed by atoms with E-state index in [1.165, 1.54) is 24.8 Å².